The van der Waals surface area contributed by atoms with Crippen LogP contribution in [0.15, 0.2) is 47.4 Å². The highest BCUT2D eigenvalue weighted by molar-refractivity contribution is 5.46. The van der Waals surface area contributed by atoms with Gasteiger partial charge in [0.1, 0.15) is 5.65 Å². The SMILES string of the molecule is Cc1cccn2c(=O)cc(CN(C)[C@H](C)c3ccc(F)c(F)c3)nc12. The van der Waals surface area contributed by atoms with Gasteiger partial charge in [0.05, 0.1) is 5.69 Å². The Kier molecular flexibility index (Phi) is 4.63. The zero-order chi connectivity index (χ0) is 18.1. The van der Waals surface area contributed by atoms with Crippen molar-refractivity contribution in [1.82, 2.24) is 14.3 Å². The molecule has 0 aliphatic heterocycles. The molecule has 2 aromatic heterocycles. The molecule has 25 heavy (non-hydrogen) atoms. The average Bonchev–Trinajstić information content (AvgIpc) is 2.57. The maximum Gasteiger partial charge on any atom is 0.258 e. The first-order valence-corrected chi connectivity index (χ1v) is 8.00. The van der Waals surface area contributed by atoms with Crippen molar-refractivity contribution >= 4 is 5.65 Å². The van der Waals surface area contributed by atoms with E-state index in [2.05, 4.69) is 4.98 Å². The number of aromatic nitrogens is 2. The smallest absolute Gasteiger partial charge is 0.258 e. The Morgan fingerprint density at radius 3 is 2.68 bits per heavy atom. The van der Waals surface area contributed by atoms with Crippen molar-refractivity contribution in [3.05, 3.63) is 81.4 Å². The number of pyridine rings is 1. The van der Waals surface area contributed by atoms with E-state index < -0.39 is 11.6 Å². The summed E-state index contributed by atoms with van der Waals surface area (Å²) in [5.41, 5.74) is 2.69. The minimum Gasteiger partial charge on any atom is -0.294 e. The Morgan fingerprint density at radius 1 is 1.20 bits per heavy atom. The van der Waals surface area contributed by atoms with E-state index in [0.717, 1.165) is 11.6 Å². The van der Waals surface area contributed by atoms with Gasteiger partial charge in [-0.3, -0.25) is 14.1 Å². The van der Waals surface area contributed by atoms with Gasteiger partial charge in [-0.05, 0) is 50.2 Å². The fraction of sp³-hybridized carbons (Fsp3) is 0.263. The molecular weight excluding hydrogens is 324 g/mol. The molecular formula is C19H19F2N3O. The Morgan fingerprint density at radius 2 is 1.96 bits per heavy atom. The lowest BCUT2D eigenvalue weighted by atomic mass is 10.1. The Hall–Kier alpha value is -2.60. The second kappa shape index (κ2) is 6.72. The second-order valence-corrected chi connectivity index (χ2v) is 6.24. The lowest BCUT2D eigenvalue weighted by Gasteiger charge is -2.25. The summed E-state index contributed by atoms with van der Waals surface area (Å²) in [5, 5.41) is 0. The van der Waals surface area contributed by atoms with Crippen molar-refractivity contribution < 1.29 is 8.78 Å². The van der Waals surface area contributed by atoms with E-state index in [9.17, 15) is 13.6 Å². The van der Waals surface area contributed by atoms with Crippen LogP contribution in [-0.2, 0) is 6.54 Å². The summed E-state index contributed by atoms with van der Waals surface area (Å²) in [4.78, 5) is 18.8. The molecule has 1 atom stereocenters. The zero-order valence-electron chi connectivity index (χ0n) is 14.3. The highest BCUT2D eigenvalue weighted by Gasteiger charge is 2.15. The third kappa shape index (κ3) is 3.44. The molecule has 6 heteroatoms. The largest absolute Gasteiger partial charge is 0.294 e. The Bertz CT molecular complexity index is 984. The van der Waals surface area contributed by atoms with Crippen LogP contribution in [0, 0.1) is 18.6 Å². The van der Waals surface area contributed by atoms with Crippen LogP contribution in [0.3, 0.4) is 0 Å². The summed E-state index contributed by atoms with van der Waals surface area (Å²) in [6, 6.07) is 8.93. The van der Waals surface area contributed by atoms with Crippen LogP contribution in [0.5, 0.6) is 0 Å². The molecule has 0 unspecified atom stereocenters. The summed E-state index contributed by atoms with van der Waals surface area (Å²) in [5.74, 6) is -1.73. The van der Waals surface area contributed by atoms with Crippen molar-refractivity contribution in [2.45, 2.75) is 26.4 Å². The molecule has 0 aliphatic carbocycles. The Balaban J connectivity index is 1.88. The first-order valence-electron chi connectivity index (χ1n) is 8.00. The molecule has 0 radical (unpaired) electrons. The lowest BCUT2D eigenvalue weighted by Crippen LogP contribution is -2.25. The average molecular weight is 343 g/mol. The molecule has 0 spiro atoms. The van der Waals surface area contributed by atoms with Crippen LogP contribution in [0.1, 0.15) is 29.8 Å². The number of halogens is 2. The summed E-state index contributed by atoms with van der Waals surface area (Å²) in [7, 11) is 1.85. The van der Waals surface area contributed by atoms with E-state index in [-0.39, 0.29) is 11.6 Å². The highest BCUT2D eigenvalue weighted by Crippen LogP contribution is 2.22. The molecule has 0 aliphatic rings. The topological polar surface area (TPSA) is 37.6 Å². The molecule has 1 aromatic carbocycles. The van der Waals surface area contributed by atoms with Crippen LogP contribution in [0.4, 0.5) is 8.78 Å². The van der Waals surface area contributed by atoms with Crippen LogP contribution < -0.4 is 5.56 Å². The number of hydrogen-bond donors (Lipinski definition) is 0. The standard InChI is InChI=1S/C19H19F2N3O/c1-12-5-4-8-24-18(25)10-15(22-19(12)24)11-23(3)13(2)14-6-7-16(20)17(21)9-14/h4-10,13H,11H2,1-3H3/t13-/m1/s1. The molecule has 2 heterocycles. The van der Waals surface area contributed by atoms with E-state index in [1.165, 1.54) is 16.5 Å². The van der Waals surface area contributed by atoms with Crippen molar-refractivity contribution in [3.63, 3.8) is 0 Å². The van der Waals surface area contributed by atoms with Crippen LogP contribution >= 0.6 is 0 Å². The normalized spacial score (nSPS) is 12.7. The van der Waals surface area contributed by atoms with Crippen molar-refractivity contribution in [1.29, 1.82) is 0 Å². The minimum absolute atomic E-state index is 0.141. The number of aryl methyl sites for hydroxylation is 1. The highest BCUT2D eigenvalue weighted by atomic mass is 19.2. The summed E-state index contributed by atoms with van der Waals surface area (Å²) in [6.07, 6.45) is 1.69. The fourth-order valence-corrected chi connectivity index (χ4v) is 2.81. The molecule has 4 nitrogen and oxygen atoms in total. The van der Waals surface area contributed by atoms with E-state index >= 15 is 0 Å². The Labute approximate surface area is 144 Å². The van der Waals surface area contributed by atoms with E-state index in [0.29, 0.717) is 23.4 Å². The molecule has 0 bridgehead atoms. The number of nitrogens with zero attached hydrogens (tertiary/aromatic N) is 3. The van der Waals surface area contributed by atoms with Gasteiger partial charge >= 0.3 is 0 Å². The third-order valence-corrected chi connectivity index (χ3v) is 4.44. The zero-order valence-corrected chi connectivity index (χ0v) is 14.3. The van der Waals surface area contributed by atoms with Crippen molar-refractivity contribution in [2.24, 2.45) is 0 Å². The predicted octanol–water partition coefficient (Wildman–Crippen LogP) is 3.47. The maximum absolute atomic E-state index is 13.5. The van der Waals surface area contributed by atoms with Crippen molar-refractivity contribution in [2.75, 3.05) is 7.05 Å². The van der Waals surface area contributed by atoms with Gasteiger partial charge in [0.25, 0.3) is 5.56 Å². The number of fused-ring (bicyclic) bond motifs is 1. The van der Waals surface area contributed by atoms with Crippen LogP contribution in [-0.4, -0.2) is 21.3 Å². The maximum atomic E-state index is 13.5. The molecule has 0 saturated carbocycles. The van der Waals surface area contributed by atoms with E-state index in [4.69, 9.17) is 0 Å². The predicted molar refractivity (Wildman–Crippen MR) is 92.4 cm³/mol. The summed E-state index contributed by atoms with van der Waals surface area (Å²) in [6.45, 7) is 4.21. The van der Waals surface area contributed by atoms with Gasteiger partial charge in [0, 0.05) is 24.8 Å². The number of hydrogen-bond acceptors (Lipinski definition) is 3. The molecule has 0 fully saturated rings. The molecule has 3 aromatic rings. The quantitative estimate of drug-likeness (QED) is 0.728. The fourth-order valence-electron chi connectivity index (χ4n) is 2.81. The van der Waals surface area contributed by atoms with Gasteiger partial charge in [-0.1, -0.05) is 12.1 Å². The van der Waals surface area contributed by atoms with E-state index in [1.54, 1.807) is 12.3 Å². The molecule has 0 saturated heterocycles. The van der Waals surface area contributed by atoms with Crippen molar-refractivity contribution in [3.8, 4) is 0 Å². The van der Waals surface area contributed by atoms with Gasteiger partial charge in [-0.15, -0.1) is 0 Å². The summed E-state index contributed by atoms with van der Waals surface area (Å²) >= 11 is 0. The van der Waals surface area contributed by atoms with Gasteiger partial charge in [-0.25, -0.2) is 13.8 Å². The van der Waals surface area contributed by atoms with Gasteiger partial charge < -0.3 is 0 Å². The molecule has 0 amide bonds. The minimum atomic E-state index is -0.865. The van der Waals surface area contributed by atoms with Crippen LogP contribution in [0.2, 0.25) is 0 Å². The number of benzene rings is 1. The second-order valence-electron chi connectivity index (χ2n) is 6.24. The molecule has 130 valence electrons. The summed E-state index contributed by atoms with van der Waals surface area (Å²) < 4.78 is 28.1. The lowest BCUT2D eigenvalue weighted by molar-refractivity contribution is 0.249. The van der Waals surface area contributed by atoms with Gasteiger partial charge in [0.15, 0.2) is 11.6 Å². The van der Waals surface area contributed by atoms with Gasteiger partial charge in [-0.2, -0.15) is 0 Å². The number of rotatable bonds is 4. The van der Waals surface area contributed by atoms with Gasteiger partial charge in [0.2, 0.25) is 0 Å². The van der Waals surface area contributed by atoms with Crippen LogP contribution in [0.25, 0.3) is 5.65 Å². The molecule has 0 N–H and O–H groups in total. The third-order valence-electron chi connectivity index (χ3n) is 4.44. The monoisotopic (exact) mass is 343 g/mol. The first kappa shape index (κ1) is 17.2. The molecule has 3 rings (SSSR count). The first-order chi connectivity index (χ1) is 11.9. The van der Waals surface area contributed by atoms with E-state index in [1.807, 2.05) is 37.9 Å².